The Morgan fingerprint density at radius 3 is 2.75 bits per heavy atom. The van der Waals surface area contributed by atoms with Gasteiger partial charge in [0.2, 0.25) is 0 Å². The smallest absolute Gasteiger partial charge is 0.273 e. The van der Waals surface area contributed by atoms with Gasteiger partial charge in [-0.05, 0) is 24.0 Å². The second-order valence-electron chi connectivity index (χ2n) is 7.66. The van der Waals surface area contributed by atoms with Crippen molar-refractivity contribution in [2.24, 2.45) is 11.1 Å². The molecule has 0 aliphatic carbocycles. The molecule has 8 heteroatoms. The van der Waals surface area contributed by atoms with Gasteiger partial charge in [0.1, 0.15) is 10.7 Å². The van der Waals surface area contributed by atoms with Crippen LogP contribution in [0.25, 0.3) is 16.3 Å². The lowest BCUT2D eigenvalue weighted by Crippen LogP contribution is -2.54. The maximum absolute atomic E-state index is 12.9. The molecule has 2 aromatic heterocycles. The number of aromatic nitrogens is 3. The standard InChI is InChI=1S/C20H23N5OS.ClH/c1-20(2)13-24(9-8-17(20)21)19(26)16-12-27-18(23-16)14-10-22-25(11-14)15-6-4-3-5-7-15;/h3-7,10-12,17H,8-9,13,21H2,1-2H3;1H. The van der Waals surface area contributed by atoms with Crippen LogP contribution in [0.5, 0.6) is 0 Å². The highest BCUT2D eigenvalue weighted by Gasteiger charge is 2.36. The average molecular weight is 418 g/mol. The molecule has 3 heterocycles. The number of nitrogens with zero attached hydrogens (tertiary/aromatic N) is 4. The van der Waals surface area contributed by atoms with E-state index in [9.17, 15) is 4.79 Å². The summed E-state index contributed by atoms with van der Waals surface area (Å²) >= 11 is 1.47. The molecule has 1 saturated heterocycles. The van der Waals surface area contributed by atoms with Gasteiger partial charge in [-0.15, -0.1) is 23.7 Å². The fraction of sp³-hybridized carbons (Fsp3) is 0.350. The summed E-state index contributed by atoms with van der Waals surface area (Å²) in [4.78, 5) is 19.3. The number of thiazole rings is 1. The van der Waals surface area contributed by atoms with Gasteiger partial charge in [-0.25, -0.2) is 9.67 Å². The van der Waals surface area contributed by atoms with Crippen LogP contribution >= 0.6 is 23.7 Å². The van der Waals surface area contributed by atoms with Gasteiger partial charge in [-0.2, -0.15) is 5.10 Å². The first-order chi connectivity index (χ1) is 12.9. The van der Waals surface area contributed by atoms with Crippen molar-refractivity contribution in [1.82, 2.24) is 19.7 Å². The minimum atomic E-state index is -0.0798. The predicted molar refractivity (Wildman–Crippen MR) is 114 cm³/mol. The maximum Gasteiger partial charge on any atom is 0.273 e. The molecular weight excluding hydrogens is 394 g/mol. The van der Waals surface area contributed by atoms with Crippen molar-refractivity contribution in [3.05, 3.63) is 53.8 Å². The van der Waals surface area contributed by atoms with Gasteiger partial charge in [0, 0.05) is 36.3 Å². The molecule has 1 aromatic carbocycles. The van der Waals surface area contributed by atoms with Crippen LogP contribution in [-0.4, -0.2) is 44.7 Å². The number of nitrogens with two attached hydrogens (primary N) is 1. The van der Waals surface area contributed by atoms with Crippen molar-refractivity contribution in [3.63, 3.8) is 0 Å². The third-order valence-corrected chi connectivity index (χ3v) is 6.06. The van der Waals surface area contributed by atoms with Crippen LogP contribution in [0.4, 0.5) is 0 Å². The number of likely N-dealkylation sites (tertiary alicyclic amines) is 1. The number of halogens is 1. The van der Waals surface area contributed by atoms with Gasteiger partial charge < -0.3 is 10.6 Å². The second kappa shape index (κ2) is 8.03. The van der Waals surface area contributed by atoms with Gasteiger partial charge in [0.05, 0.1) is 11.9 Å². The third-order valence-electron chi connectivity index (χ3n) is 5.17. The normalized spacial score (nSPS) is 18.5. The number of piperidine rings is 1. The Kier molecular flexibility index (Phi) is 5.88. The van der Waals surface area contributed by atoms with E-state index in [1.807, 2.05) is 51.5 Å². The Morgan fingerprint density at radius 1 is 1.29 bits per heavy atom. The van der Waals surface area contributed by atoms with Gasteiger partial charge in [-0.1, -0.05) is 32.0 Å². The first-order valence-corrected chi connectivity index (χ1v) is 9.93. The maximum atomic E-state index is 12.9. The summed E-state index contributed by atoms with van der Waals surface area (Å²) < 4.78 is 1.81. The van der Waals surface area contributed by atoms with Crippen LogP contribution in [0, 0.1) is 5.41 Å². The van der Waals surface area contributed by atoms with Crippen LogP contribution in [-0.2, 0) is 0 Å². The van der Waals surface area contributed by atoms with E-state index in [0.29, 0.717) is 18.8 Å². The fourth-order valence-corrected chi connectivity index (χ4v) is 4.14. The molecule has 2 N–H and O–H groups in total. The highest BCUT2D eigenvalue weighted by atomic mass is 35.5. The molecule has 0 radical (unpaired) electrons. The van der Waals surface area contributed by atoms with E-state index in [-0.39, 0.29) is 29.8 Å². The zero-order valence-electron chi connectivity index (χ0n) is 15.9. The summed E-state index contributed by atoms with van der Waals surface area (Å²) in [6.07, 6.45) is 4.54. The molecule has 4 rings (SSSR count). The quantitative estimate of drug-likeness (QED) is 0.706. The largest absolute Gasteiger partial charge is 0.337 e. The van der Waals surface area contributed by atoms with Crippen LogP contribution in [0.3, 0.4) is 0 Å². The van der Waals surface area contributed by atoms with E-state index in [2.05, 4.69) is 23.9 Å². The molecule has 1 amide bonds. The monoisotopic (exact) mass is 417 g/mol. The van der Waals surface area contributed by atoms with Gasteiger partial charge in [0.25, 0.3) is 5.91 Å². The zero-order chi connectivity index (χ0) is 19.0. The Bertz CT molecular complexity index is 952. The lowest BCUT2D eigenvalue weighted by molar-refractivity contribution is 0.0528. The predicted octanol–water partition coefficient (Wildman–Crippen LogP) is 3.62. The third kappa shape index (κ3) is 3.97. The topological polar surface area (TPSA) is 77.0 Å². The second-order valence-corrected chi connectivity index (χ2v) is 8.52. The Hall–Kier alpha value is -2.22. The van der Waals surface area contributed by atoms with E-state index in [4.69, 9.17) is 5.73 Å². The summed E-state index contributed by atoms with van der Waals surface area (Å²) in [5.74, 6) is -0.0204. The molecular formula is C20H24ClN5OS. The molecule has 0 spiro atoms. The number of amides is 1. The summed E-state index contributed by atoms with van der Waals surface area (Å²) in [6.45, 7) is 5.57. The van der Waals surface area contributed by atoms with Crippen LogP contribution in [0.1, 0.15) is 30.8 Å². The van der Waals surface area contributed by atoms with Gasteiger partial charge in [0.15, 0.2) is 0 Å². The SMILES string of the molecule is CC1(C)CN(C(=O)c2csc(-c3cnn(-c4ccccc4)c3)n2)CCC1N.Cl. The number of benzene rings is 1. The molecule has 0 bridgehead atoms. The molecule has 1 fully saturated rings. The highest BCUT2D eigenvalue weighted by Crippen LogP contribution is 2.30. The van der Waals surface area contributed by atoms with Crippen LogP contribution in [0.2, 0.25) is 0 Å². The summed E-state index contributed by atoms with van der Waals surface area (Å²) in [5.41, 5.74) is 8.49. The molecule has 6 nitrogen and oxygen atoms in total. The molecule has 3 aromatic rings. The van der Waals surface area contributed by atoms with Crippen molar-refractivity contribution >= 4 is 29.7 Å². The van der Waals surface area contributed by atoms with E-state index in [0.717, 1.165) is 22.7 Å². The van der Waals surface area contributed by atoms with Crippen molar-refractivity contribution in [2.75, 3.05) is 13.1 Å². The summed E-state index contributed by atoms with van der Waals surface area (Å²) in [5, 5.41) is 7.04. The average Bonchev–Trinajstić information content (AvgIpc) is 3.33. The van der Waals surface area contributed by atoms with E-state index >= 15 is 0 Å². The number of para-hydroxylation sites is 1. The van der Waals surface area contributed by atoms with Crippen molar-refractivity contribution in [1.29, 1.82) is 0 Å². The zero-order valence-corrected chi connectivity index (χ0v) is 17.5. The lowest BCUT2D eigenvalue weighted by Gasteiger charge is -2.42. The van der Waals surface area contributed by atoms with Crippen molar-refractivity contribution in [3.8, 4) is 16.3 Å². The van der Waals surface area contributed by atoms with Crippen LogP contribution in [0.15, 0.2) is 48.1 Å². The van der Waals surface area contributed by atoms with Gasteiger partial charge >= 0.3 is 0 Å². The molecule has 148 valence electrons. The minimum absolute atomic E-state index is 0. The highest BCUT2D eigenvalue weighted by molar-refractivity contribution is 7.13. The molecule has 1 unspecified atom stereocenters. The molecule has 28 heavy (non-hydrogen) atoms. The fourth-order valence-electron chi connectivity index (χ4n) is 3.37. The van der Waals surface area contributed by atoms with Crippen molar-refractivity contribution < 1.29 is 4.79 Å². The van der Waals surface area contributed by atoms with E-state index < -0.39 is 0 Å². The molecule has 1 aliphatic rings. The van der Waals surface area contributed by atoms with E-state index in [1.54, 1.807) is 6.20 Å². The Balaban J connectivity index is 0.00000225. The lowest BCUT2D eigenvalue weighted by atomic mass is 9.79. The number of rotatable bonds is 3. The summed E-state index contributed by atoms with van der Waals surface area (Å²) in [7, 11) is 0. The summed E-state index contributed by atoms with van der Waals surface area (Å²) in [6, 6.07) is 10.0. The number of hydrogen-bond donors (Lipinski definition) is 1. The van der Waals surface area contributed by atoms with Gasteiger partial charge in [-0.3, -0.25) is 4.79 Å². The molecule has 0 saturated carbocycles. The Morgan fingerprint density at radius 2 is 2.04 bits per heavy atom. The number of hydrogen-bond acceptors (Lipinski definition) is 5. The van der Waals surface area contributed by atoms with Crippen molar-refractivity contribution in [2.45, 2.75) is 26.3 Å². The number of carbonyl (C=O) groups excluding carboxylic acids is 1. The minimum Gasteiger partial charge on any atom is -0.337 e. The molecule has 1 atom stereocenters. The van der Waals surface area contributed by atoms with E-state index in [1.165, 1.54) is 11.3 Å². The first kappa shape index (κ1) is 20.5. The first-order valence-electron chi connectivity index (χ1n) is 9.05. The Labute approximate surface area is 174 Å². The number of carbonyl (C=O) groups is 1. The van der Waals surface area contributed by atoms with Crippen LogP contribution < -0.4 is 5.73 Å². The molecule has 1 aliphatic heterocycles.